The van der Waals surface area contributed by atoms with Crippen molar-refractivity contribution in [3.05, 3.63) is 20.1 Å². The van der Waals surface area contributed by atoms with Gasteiger partial charge in [-0.1, -0.05) is 37.0 Å². The fourth-order valence-electron chi connectivity index (χ4n) is 1.91. The zero-order valence-electron chi connectivity index (χ0n) is 12.6. The number of anilines is 1. The number of thiophene rings is 1. The Kier molecular flexibility index (Phi) is 6.02. The predicted molar refractivity (Wildman–Crippen MR) is 96.5 cm³/mol. The molecule has 0 saturated carbocycles. The van der Waals surface area contributed by atoms with E-state index in [1.54, 1.807) is 11.4 Å². The Morgan fingerprint density at radius 2 is 2.00 bits per heavy atom. The molecular formula is C14H15Cl2N3O2S2. The molecular weight excluding hydrogens is 377 g/mol. The second-order valence-electron chi connectivity index (χ2n) is 5.19. The highest BCUT2D eigenvalue weighted by Gasteiger charge is 2.24. The van der Waals surface area contributed by atoms with Crippen molar-refractivity contribution in [1.82, 2.24) is 10.3 Å². The van der Waals surface area contributed by atoms with Crippen molar-refractivity contribution in [2.24, 2.45) is 5.92 Å². The number of thiazole rings is 1. The Morgan fingerprint density at radius 3 is 2.52 bits per heavy atom. The molecule has 23 heavy (non-hydrogen) atoms. The fraction of sp³-hybridized carbons (Fsp3) is 0.357. The van der Waals surface area contributed by atoms with Crippen molar-refractivity contribution in [2.45, 2.75) is 26.8 Å². The van der Waals surface area contributed by atoms with Crippen molar-refractivity contribution in [3.63, 3.8) is 0 Å². The van der Waals surface area contributed by atoms with Crippen LogP contribution in [0.15, 0.2) is 11.4 Å². The van der Waals surface area contributed by atoms with Crippen LogP contribution in [0.2, 0.25) is 8.67 Å². The first-order valence-electron chi connectivity index (χ1n) is 6.76. The fourth-order valence-corrected chi connectivity index (χ4v) is 4.10. The number of amides is 2. The summed E-state index contributed by atoms with van der Waals surface area (Å²) < 4.78 is 1.13. The molecule has 2 heterocycles. The molecule has 2 rings (SSSR count). The number of carbonyl (C=O) groups is 2. The first-order chi connectivity index (χ1) is 10.8. The van der Waals surface area contributed by atoms with Crippen LogP contribution in [0, 0.1) is 5.92 Å². The monoisotopic (exact) mass is 391 g/mol. The van der Waals surface area contributed by atoms with Crippen LogP contribution in [0.25, 0.3) is 11.3 Å². The summed E-state index contributed by atoms with van der Waals surface area (Å²) in [6, 6.07) is 1.13. The van der Waals surface area contributed by atoms with Crippen LogP contribution in [-0.4, -0.2) is 22.8 Å². The number of nitrogens with one attached hydrogen (secondary N) is 2. The molecule has 0 spiro atoms. The maximum Gasteiger partial charge on any atom is 0.248 e. The maximum atomic E-state index is 12.3. The van der Waals surface area contributed by atoms with E-state index >= 15 is 0 Å². The topological polar surface area (TPSA) is 71.1 Å². The molecule has 1 atom stereocenters. The summed E-state index contributed by atoms with van der Waals surface area (Å²) in [4.78, 5) is 27.9. The van der Waals surface area contributed by atoms with Gasteiger partial charge in [-0.2, -0.15) is 0 Å². The molecule has 0 radical (unpaired) electrons. The predicted octanol–water partition coefficient (Wildman–Crippen LogP) is 4.28. The van der Waals surface area contributed by atoms with E-state index in [-0.39, 0.29) is 17.7 Å². The maximum absolute atomic E-state index is 12.3. The van der Waals surface area contributed by atoms with Crippen LogP contribution in [0.4, 0.5) is 5.13 Å². The summed E-state index contributed by atoms with van der Waals surface area (Å²) in [5, 5.41) is 7.60. The van der Waals surface area contributed by atoms with Gasteiger partial charge in [-0.15, -0.1) is 22.7 Å². The number of aromatic nitrogens is 1. The van der Waals surface area contributed by atoms with E-state index in [9.17, 15) is 9.59 Å². The van der Waals surface area contributed by atoms with E-state index in [4.69, 9.17) is 23.2 Å². The van der Waals surface area contributed by atoms with E-state index in [0.29, 0.717) is 19.5 Å². The standard InChI is InChI=1S/C14H15Cl2N3O2S2/c1-6(2)11(17-7(3)20)13(21)19-14-18-9(5-22-14)8-4-10(15)23-12(8)16/h4-6,11H,1-3H3,(H,17,20)(H,18,19,21). The average Bonchev–Trinajstić information content (AvgIpc) is 3.01. The zero-order valence-corrected chi connectivity index (χ0v) is 15.8. The van der Waals surface area contributed by atoms with E-state index in [2.05, 4.69) is 15.6 Å². The third-order valence-electron chi connectivity index (χ3n) is 2.97. The lowest BCUT2D eigenvalue weighted by atomic mass is 10.0. The molecule has 0 aromatic carbocycles. The molecule has 0 bridgehead atoms. The van der Waals surface area contributed by atoms with Crippen LogP contribution in [0.1, 0.15) is 20.8 Å². The van der Waals surface area contributed by atoms with Crippen molar-refractivity contribution in [3.8, 4) is 11.3 Å². The van der Waals surface area contributed by atoms with Gasteiger partial charge < -0.3 is 10.6 Å². The number of halogens is 2. The first-order valence-corrected chi connectivity index (χ1v) is 9.21. The highest BCUT2D eigenvalue weighted by atomic mass is 35.5. The van der Waals surface area contributed by atoms with Gasteiger partial charge in [-0.25, -0.2) is 4.98 Å². The summed E-state index contributed by atoms with van der Waals surface area (Å²) in [6.07, 6.45) is 0. The van der Waals surface area contributed by atoms with Crippen molar-refractivity contribution in [1.29, 1.82) is 0 Å². The number of rotatable bonds is 5. The highest BCUT2D eigenvalue weighted by molar-refractivity contribution is 7.20. The highest BCUT2D eigenvalue weighted by Crippen LogP contribution is 2.38. The first kappa shape index (κ1) is 18.2. The van der Waals surface area contributed by atoms with Gasteiger partial charge in [0.2, 0.25) is 11.8 Å². The lowest BCUT2D eigenvalue weighted by Gasteiger charge is -2.20. The molecule has 2 aromatic heterocycles. The third-order valence-corrected chi connectivity index (χ3v) is 5.22. The molecule has 0 aliphatic rings. The molecule has 0 aliphatic heterocycles. The molecule has 124 valence electrons. The van der Waals surface area contributed by atoms with Crippen LogP contribution in [0.5, 0.6) is 0 Å². The van der Waals surface area contributed by atoms with Gasteiger partial charge in [-0.3, -0.25) is 9.59 Å². The van der Waals surface area contributed by atoms with Crippen LogP contribution in [0.3, 0.4) is 0 Å². The zero-order chi connectivity index (χ0) is 17.1. The van der Waals surface area contributed by atoms with Crippen LogP contribution < -0.4 is 10.6 Å². The van der Waals surface area contributed by atoms with Crippen LogP contribution >= 0.6 is 45.9 Å². The van der Waals surface area contributed by atoms with E-state index in [1.165, 1.54) is 29.6 Å². The smallest absolute Gasteiger partial charge is 0.248 e. The molecule has 1 unspecified atom stereocenters. The van der Waals surface area contributed by atoms with Crippen molar-refractivity contribution < 1.29 is 9.59 Å². The Hall–Kier alpha value is -1.15. The SMILES string of the molecule is CC(=O)NC(C(=O)Nc1nc(-c2cc(Cl)sc2Cl)cs1)C(C)C. The number of hydrogen-bond donors (Lipinski definition) is 2. The second-order valence-corrected chi connectivity index (χ2v) is 8.33. The molecule has 0 fully saturated rings. The van der Waals surface area contributed by atoms with Gasteiger partial charge >= 0.3 is 0 Å². The molecule has 9 heteroatoms. The second kappa shape index (κ2) is 7.61. The molecule has 5 nitrogen and oxygen atoms in total. The minimum Gasteiger partial charge on any atom is -0.344 e. The Morgan fingerprint density at radius 1 is 1.30 bits per heavy atom. The minimum absolute atomic E-state index is 0.0385. The molecule has 2 aromatic rings. The molecule has 0 saturated heterocycles. The number of hydrogen-bond acceptors (Lipinski definition) is 5. The Bertz CT molecular complexity index is 727. The minimum atomic E-state index is -0.612. The van der Waals surface area contributed by atoms with Crippen molar-refractivity contribution in [2.75, 3.05) is 5.32 Å². The van der Waals surface area contributed by atoms with Gasteiger partial charge in [0.15, 0.2) is 5.13 Å². The molecule has 0 aliphatic carbocycles. The summed E-state index contributed by atoms with van der Waals surface area (Å²) in [5.74, 6) is -0.590. The Labute approximate surface area is 152 Å². The van der Waals surface area contributed by atoms with E-state index in [0.717, 1.165) is 5.56 Å². The summed E-state index contributed by atoms with van der Waals surface area (Å²) >= 11 is 14.6. The average molecular weight is 392 g/mol. The van der Waals surface area contributed by atoms with Crippen molar-refractivity contribution >= 4 is 62.8 Å². The Balaban J connectivity index is 2.13. The summed E-state index contributed by atoms with van der Waals surface area (Å²) in [7, 11) is 0. The normalized spacial score (nSPS) is 12.3. The summed E-state index contributed by atoms with van der Waals surface area (Å²) in [6.45, 7) is 5.10. The number of nitrogens with zero attached hydrogens (tertiary/aromatic N) is 1. The van der Waals surface area contributed by atoms with Gasteiger partial charge in [0, 0.05) is 17.9 Å². The lowest BCUT2D eigenvalue weighted by Crippen LogP contribution is -2.46. The number of carbonyl (C=O) groups excluding carboxylic acids is 2. The van der Waals surface area contributed by atoms with Gasteiger partial charge in [0.05, 0.1) is 10.0 Å². The largest absolute Gasteiger partial charge is 0.344 e. The quantitative estimate of drug-likeness (QED) is 0.798. The van der Waals surface area contributed by atoms with E-state index < -0.39 is 6.04 Å². The van der Waals surface area contributed by atoms with Crippen LogP contribution in [-0.2, 0) is 9.59 Å². The van der Waals surface area contributed by atoms with Gasteiger partial charge in [0.1, 0.15) is 10.4 Å². The van der Waals surface area contributed by atoms with Gasteiger partial charge in [0.25, 0.3) is 0 Å². The third kappa shape index (κ3) is 4.67. The molecule has 2 amide bonds. The lowest BCUT2D eigenvalue weighted by molar-refractivity contribution is -0.126. The molecule has 2 N–H and O–H groups in total. The summed E-state index contributed by atoms with van der Waals surface area (Å²) in [5.41, 5.74) is 1.39. The van der Waals surface area contributed by atoms with Gasteiger partial charge in [-0.05, 0) is 12.0 Å². The van der Waals surface area contributed by atoms with E-state index in [1.807, 2.05) is 13.8 Å².